The molecule has 0 bridgehead atoms. The van der Waals surface area contributed by atoms with Crippen molar-refractivity contribution in [1.29, 1.82) is 0 Å². The monoisotopic (exact) mass is 271 g/mol. The summed E-state index contributed by atoms with van der Waals surface area (Å²) < 4.78 is 24.8. The first-order valence-electron chi connectivity index (χ1n) is 5.49. The topological polar surface area (TPSA) is 74.7 Å². The van der Waals surface area contributed by atoms with Crippen LogP contribution in [0.5, 0.6) is 0 Å². The van der Waals surface area contributed by atoms with Gasteiger partial charge in [0.05, 0.1) is 11.3 Å². The first-order valence-corrected chi connectivity index (χ1v) is 6.93. The van der Waals surface area contributed by atoms with Crippen LogP contribution in [0.15, 0.2) is 29.2 Å². The lowest BCUT2D eigenvalue weighted by atomic mass is 9.98. The molecule has 0 amide bonds. The van der Waals surface area contributed by atoms with Crippen LogP contribution < -0.4 is 0 Å². The summed E-state index contributed by atoms with van der Waals surface area (Å²) in [7, 11) is -0.488. The summed E-state index contributed by atoms with van der Waals surface area (Å²) >= 11 is 0. The van der Waals surface area contributed by atoms with E-state index in [1.54, 1.807) is 19.1 Å². The first-order chi connectivity index (χ1) is 8.25. The van der Waals surface area contributed by atoms with E-state index in [0.717, 1.165) is 9.87 Å². The lowest BCUT2D eigenvalue weighted by molar-refractivity contribution is -0.137. The van der Waals surface area contributed by atoms with Crippen LogP contribution in [-0.2, 0) is 14.8 Å². The number of aliphatic carboxylic acids is 1. The number of nitrogens with zero attached hydrogens (tertiary/aromatic N) is 1. The molecule has 0 fully saturated rings. The van der Waals surface area contributed by atoms with E-state index in [2.05, 4.69) is 0 Å². The second-order valence-electron chi connectivity index (χ2n) is 4.36. The quantitative estimate of drug-likeness (QED) is 0.881. The molecule has 0 saturated carbocycles. The number of benzene rings is 1. The van der Waals surface area contributed by atoms with Crippen LogP contribution in [0.3, 0.4) is 0 Å². The minimum Gasteiger partial charge on any atom is -0.481 e. The Bertz CT molecular complexity index is 520. The molecule has 0 heterocycles. The zero-order valence-electron chi connectivity index (χ0n) is 10.6. The lowest BCUT2D eigenvalue weighted by Crippen LogP contribution is -2.22. The Balaban J connectivity index is 2.97. The average Bonchev–Trinajstić information content (AvgIpc) is 2.28. The molecule has 18 heavy (non-hydrogen) atoms. The van der Waals surface area contributed by atoms with Crippen LogP contribution in [0, 0.1) is 0 Å². The molecule has 1 aromatic rings. The third-order valence-corrected chi connectivity index (χ3v) is 4.54. The summed E-state index contributed by atoms with van der Waals surface area (Å²) in [5.41, 5.74) is 0.815. The molecule has 0 radical (unpaired) electrons. The molecule has 1 rings (SSSR count). The van der Waals surface area contributed by atoms with Crippen molar-refractivity contribution in [2.75, 3.05) is 14.1 Å². The van der Waals surface area contributed by atoms with E-state index in [1.807, 2.05) is 0 Å². The molecule has 6 heteroatoms. The highest BCUT2D eigenvalue weighted by atomic mass is 32.2. The van der Waals surface area contributed by atoms with Crippen molar-refractivity contribution in [2.24, 2.45) is 0 Å². The van der Waals surface area contributed by atoms with Gasteiger partial charge in [-0.05, 0) is 23.6 Å². The average molecular weight is 271 g/mol. The van der Waals surface area contributed by atoms with Crippen LogP contribution in [0.4, 0.5) is 0 Å². The summed E-state index contributed by atoms with van der Waals surface area (Å²) in [6.45, 7) is 1.80. The predicted octanol–water partition coefficient (Wildman–Crippen LogP) is 1.52. The van der Waals surface area contributed by atoms with E-state index in [9.17, 15) is 13.2 Å². The van der Waals surface area contributed by atoms with E-state index in [0.29, 0.717) is 0 Å². The molecule has 5 nitrogen and oxygen atoms in total. The summed E-state index contributed by atoms with van der Waals surface area (Å²) in [4.78, 5) is 10.8. The second kappa shape index (κ2) is 5.49. The normalized spacial score (nSPS) is 13.6. The number of carbonyl (C=O) groups is 1. The molecule has 0 spiro atoms. The van der Waals surface area contributed by atoms with Crippen molar-refractivity contribution in [1.82, 2.24) is 4.31 Å². The molecule has 1 unspecified atom stereocenters. The summed E-state index contributed by atoms with van der Waals surface area (Å²) in [6.07, 6.45) is 0.0276. The highest BCUT2D eigenvalue weighted by Crippen LogP contribution is 2.21. The first kappa shape index (κ1) is 14.7. The minimum absolute atomic E-state index is 0.0276. The van der Waals surface area contributed by atoms with Crippen molar-refractivity contribution in [3.63, 3.8) is 0 Å². The molecule has 100 valence electrons. The van der Waals surface area contributed by atoms with Gasteiger partial charge in [-0.25, -0.2) is 12.7 Å². The molecule has 0 aliphatic rings. The van der Waals surface area contributed by atoms with E-state index >= 15 is 0 Å². The van der Waals surface area contributed by atoms with Crippen molar-refractivity contribution in [3.05, 3.63) is 29.8 Å². The van der Waals surface area contributed by atoms with Gasteiger partial charge in [0, 0.05) is 14.1 Å². The van der Waals surface area contributed by atoms with Gasteiger partial charge in [0.2, 0.25) is 10.0 Å². The highest BCUT2D eigenvalue weighted by molar-refractivity contribution is 7.89. The Kier molecular flexibility index (Phi) is 4.48. The number of carboxylic acid groups (broad SMARTS) is 1. The zero-order valence-corrected chi connectivity index (χ0v) is 11.4. The largest absolute Gasteiger partial charge is 0.481 e. The molecule has 0 aliphatic carbocycles. The Morgan fingerprint density at radius 2 is 1.78 bits per heavy atom. The Hall–Kier alpha value is -1.40. The molecule has 0 aliphatic heterocycles. The number of sulfonamides is 1. The van der Waals surface area contributed by atoms with Crippen LogP contribution in [0.25, 0.3) is 0 Å². The van der Waals surface area contributed by atoms with E-state index < -0.39 is 16.0 Å². The number of hydrogen-bond donors (Lipinski definition) is 1. The van der Waals surface area contributed by atoms with E-state index in [-0.39, 0.29) is 17.2 Å². The third-order valence-electron chi connectivity index (χ3n) is 2.71. The lowest BCUT2D eigenvalue weighted by Gasteiger charge is -2.13. The SMILES string of the molecule is CC(CC(=O)O)c1ccc(S(=O)(=O)N(C)C)cc1. The van der Waals surface area contributed by atoms with Crippen LogP contribution >= 0.6 is 0 Å². The fourth-order valence-corrected chi connectivity index (χ4v) is 2.46. The van der Waals surface area contributed by atoms with Crippen molar-refractivity contribution >= 4 is 16.0 Å². The smallest absolute Gasteiger partial charge is 0.303 e. The number of hydrogen-bond acceptors (Lipinski definition) is 3. The van der Waals surface area contributed by atoms with Gasteiger partial charge in [-0.1, -0.05) is 19.1 Å². The Morgan fingerprint density at radius 3 is 2.17 bits per heavy atom. The number of carboxylic acids is 1. The van der Waals surface area contributed by atoms with Crippen LogP contribution in [0.1, 0.15) is 24.8 Å². The van der Waals surface area contributed by atoms with Gasteiger partial charge in [-0.15, -0.1) is 0 Å². The fraction of sp³-hybridized carbons (Fsp3) is 0.417. The molecule has 0 saturated heterocycles. The maximum atomic E-state index is 11.8. The van der Waals surface area contributed by atoms with E-state index in [4.69, 9.17) is 5.11 Å². The van der Waals surface area contributed by atoms with Crippen molar-refractivity contribution < 1.29 is 18.3 Å². The molecular weight excluding hydrogens is 254 g/mol. The standard InChI is InChI=1S/C12H17NO4S/c1-9(8-12(14)15)10-4-6-11(7-5-10)18(16,17)13(2)3/h4-7,9H,8H2,1-3H3,(H,14,15). The van der Waals surface area contributed by atoms with Gasteiger partial charge < -0.3 is 5.11 Å². The van der Waals surface area contributed by atoms with Crippen LogP contribution in [-0.4, -0.2) is 37.9 Å². The van der Waals surface area contributed by atoms with Gasteiger partial charge in [-0.2, -0.15) is 0 Å². The van der Waals surface area contributed by atoms with E-state index in [1.165, 1.54) is 26.2 Å². The molecule has 0 aromatic heterocycles. The van der Waals surface area contributed by atoms with Gasteiger partial charge in [0.25, 0.3) is 0 Å². The van der Waals surface area contributed by atoms with Crippen LogP contribution in [0.2, 0.25) is 0 Å². The summed E-state index contributed by atoms with van der Waals surface area (Å²) in [5, 5.41) is 8.70. The summed E-state index contributed by atoms with van der Waals surface area (Å²) in [5.74, 6) is -1.01. The Labute approximate surface area is 107 Å². The summed E-state index contributed by atoms with van der Waals surface area (Å²) in [6, 6.07) is 6.32. The zero-order chi connectivity index (χ0) is 13.9. The Morgan fingerprint density at radius 1 is 1.28 bits per heavy atom. The predicted molar refractivity (Wildman–Crippen MR) is 68.0 cm³/mol. The van der Waals surface area contributed by atoms with Gasteiger partial charge in [0.1, 0.15) is 0 Å². The third kappa shape index (κ3) is 3.30. The molecule has 1 N–H and O–H groups in total. The second-order valence-corrected chi connectivity index (χ2v) is 6.51. The number of rotatable bonds is 5. The maximum Gasteiger partial charge on any atom is 0.303 e. The highest BCUT2D eigenvalue weighted by Gasteiger charge is 2.17. The fourth-order valence-electron chi connectivity index (χ4n) is 1.56. The van der Waals surface area contributed by atoms with Crippen molar-refractivity contribution in [3.8, 4) is 0 Å². The maximum absolute atomic E-state index is 11.8. The van der Waals surface area contributed by atoms with Gasteiger partial charge in [0.15, 0.2) is 0 Å². The van der Waals surface area contributed by atoms with Gasteiger partial charge in [-0.3, -0.25) is 4.79 Å². The van der Waals surface area contributed by atoms with Gasteiger partial charge >= 0.3 is 5.97 Å². The van der Waals surface area contributed by atoms with Crippen molar-refractivity contribution in [2.45, 2.75) is 24.2 Å². The molecule has 1 aromatic carbocycles. The molecular formula is C12H17NO4S. The molecule has 1 atom stereocenters. The minimum atomic E-state index is -3.43.